The SMILES string of the molecule is CC(c1ccccc1F)N(C)C1(CN)CCCS(=O)(=O)C1. The average Bonchev–Trinajstić information content (AvgIpc) is 2.45. The summed E-state index contributed by atoms with van der Waals surface area (Å²) in [5.41, 5.74) is 5.87. The summed E-state index contributed by atoms with van der Waals surface area (Å²) in [5.74, 6) is -0.00896. The van der Waals surface area contributed by atoms with Crippen LogP contribution in [0.2, 0.25) is 0 Å². The highest BCUT2D eigenvalue weighted by Crippen LogP contribution is 2.34. The Labute approximate surface area is 126 Å². The van der Waals surface area contributed by atoms with E-state index in [0.29, 0.717) is 12.0 Å². The van der Waals surface area contributed by atoms with Crippen LogP contribution in [0.5, 0.6) is 0 Å². The van der Waals surface area contributed by atoms with Gasteiger partial charge in [-0.25, -0.2) is 12.8 Å². The standard InChI is InChI=1S/C15H23FN2O2S/c1-12(13-6-3-4-7-14(13)16)18(2)15(10-17)8-5-9-21(19,20)11-15/h3-4,6-7,12H,5,8-11,17H2,1-2H3. The lowest BCUT2D eigenvalue weighted by Gasteiger charge is -2.46. The molecule has 0 radical (unpaired) electrons. The highest BCUT2D eigenvalue weighted by molar-refractivity contribution is 7.91. The lowest BCUT2D eigenvalue weighted by molar-refractivity contribution is 0.0887. The Kier molecular flexibility index (Phi) is 4.70. The molecule has 1 aromatic rings. The fraction of sp³-hybridized carbons (Fsp3) is 0.600. The molecule has 118 valence electrons. The number of nitrogens with two attached hydrogens (primary N) is 1. The summed E-state index contributed by atoms with van der Waals surface area (Å²) in [6, 6.07) is 6.36. The molecule has 0 aliphatic carbocycles. The van der Waals surface area contributed by atoms with Crippen LogP contribution in [0.3, 0.4) is 0 Å². The second-order valence-electron chi connectivity index (χ2n) is 5.93. The molecule has 0 amide bonds. The first-order chi connectivity index (χ1) is 9.81. The molecule has 2 unspecified atom stereocenters. The lowest BCUT2D eigenvalue weighted by Crippen LogP contribution is -2.59. The Hall–Kier alpha value is -0.980. The van der Waals surface area contributed by atoms with Gasteiger partial charge >= 0.3 is 0 Å². The topological polar surface area (TPSA) is 63.4 Å². The monoisotopic (exact) mass is 314 g/mol. The van der Waals surface area contributed by atoms with Crippen LogP contribution in [0.25, 0.3) is 0 Å². The molecule has 0 saturated carbocycles. The molecule has 1 heterocycles. The number of likely N-dealkylation sites (N-methyl/N-ethyl adjacent to an activating group) is 1. The molecule has 1 fully saturated rings. The van der Waals surface area contributed by atoms with Gasteiger partial charge in [-0.1, -0.05) is 18.2 Å². The van der Waals surface area contributed by atoms with Crippen LogP contribution in [0.1, 0.15) is 31.4 Å². The molecular weight excluding hydrogens is 291 g/mol. The molecule has 1 aliphatic rings. The largest absolute Gasteiger partial charge is 0.329 e. The number of hydrogen-bond donors (Lipinski definition) is 1. The van der Waals surface area contributed by atoms with Crippen LogP contribution in [-0.4, -0.2) is 44.0 Å². The maximum atomic E-state index is 14.0. The molecule has 2 rings (SSSR count). The Morgan fingerprint density at radius 1 is 1.43 bits per heavy atom. The predicted octanol–water partition coefficient (Wildman–Crippen LogP) is 1.72. The van der Waals surface area contributed by atoms with Crippen LogP contribution in [0.15, 0.2) is 24.3 Å². The van der Waals surface area contributed by atoms with E-state index in [1.54, 1.807) is 18.2 Å². The molecule has 0 aromatic heterocycles. The van der Waals surface area contributed by atoms with Crippen molar-refractivity contribution in [2.75, 3.05) is 25.1 Å². The quantitative estimate of drug-likeness (QED) is 0.919. The minimum Gasteiger partial charge on any atom is -0.329 e. The van der Waals surface area contributed by atoms with Crippen molar-refractivity contribution in [1.82, 2.24) is 4.90 Å². The van der Waals surface area contributed by atoms with Crippen molar-refractivity contribution in [1.29, 1.82) is 0 Å². The zero-order valence-corrected chi connectivity index (χ0v) is 13.4. The van der Waals surface area contributed by atoms with Crippen LogP contribution in [0, 0.1) is 5.82 Å². The van der Waals surface area contributed by atoms with Gasteiger partial charge in [-0.2, -0.15) is 0 Å². The van der Waals surface area contributed by atoms with E-state index in [-0.39, 0.29) is 29.9 Å². The molecule has 0 spiro atoms. The molecule has 2 atom stereocenters. The summed E-state index contributed by atoms with van der Waals surface area (Å²) in [4.78, 5) is 1.93. The fourth-order valence-electron chi connectivity index (χ4n) is 3.19. The van der Waals surface area contributed by atoms with Crippen molar-refractivity contribution >= 4 is 9.84 Å². The Morgan fingerprint density at radius 3 is 2.67 bits per heavy atom. The van der Waals surface area contributed by atoms with Crippen LogP contribution in [0.4, 0.5) is 4.39 Å². The molecule has 1 aromatic carbocycles. The van der Waals surface area contributed by atoms with Crippen molar-refractivity contribution in [2.24, 2.45) is 5.73 Å². The molecule has 0 bridgehead atoms. The van der Waals surface area contributed by atoms with Gasteiger partial charge in [0.25, 0.3) is 0 Å². The number of nitrogens with zero attached hydrogens (tertiary/aromatic N) is 1. The molecule has 6 heteroatoms. The van der Waals surface area contributed by atoms with Crippen molar-refractivity contribution in [2.45, 2.75) is 31.3 Å². The Morgan fingerprint density at radius 2 is 2.10 bits per heavy atom. The number of hydrogen-bond acceptors (Lipinski definition) is 4. The van der Waals surface area contributed by atoms with Gasteiger partial charge in [-0.15, -0.1) is 0 Å². The zero-order valence-electron chi connectivity index (χ0n) is 12.5. The van der Waals surface area contributed by atoms with E-state index < -0.39 is 15.4 Å². The summed E-state index contributed by atoms with van der Waals surface area (Å²) >= 11 is 0. The second-order valence-corrected chi connectivity index (χ2v) is 8.12. The number of halogens is 1. The second kappa shape index (κ2) is 6.02. The van der Waals surface area contributed by atoms with Crippen molar-refractivity contribution in [3.05, 3.63) is 35.6 Å². The van der Waals surface area contributed by atoms with E-state index in [0.717, 1.165) is 6.42 Å². The predicted molar refractivity (Wildman–Crippen MR) is 82.3 cm³/mol. The number of benzene rings is 1. The molecule has 21 heavy (non-hydrogen) atoms. The van der Waals surface area contributed by atoms with Gasteiger partial charge in [0, 0.05) is 23.7 Å². The Balaban J connectivity index is 2.32. The molecule has 1 aliphatic heterocycles. The minimum absolute atomic E-state index is 0.0474. The van der Waals surface area contributed by atoms with Gasteiger partial charge in [-0.3, -0.25) is 4.90 Å². The maximum Gasteiger partial charge on any atom is 0.152 e. The maximum absolute atomic E-state index is 14.0. The summed E-state index contributed by atoms with van der Waals surface area (Å²) < 4.78 is 38.0. The summed E-state index contributed by atoms with van der Waals surface area (Å²) in [5, 5.41) is 0. The smallest absolute Gasteiger partial charge is 0.152 e. The van der Waals surface area contributed by atoms with E-state index in [1.165, 1.54) is 6.07 Å². The molecule has 2 N–H and O–H groups in total. The van der Waals surface area contributed by atoms with Gasteiger partial charge < -0.3 is 5.73 Å². The lowest BCUT2D eigenvalue weighted by atomic mass is 9.90. The minimum atomic E-state index is -3.09. The summed E-state index contributed by atoms with van der Waals surface area (Å²) in [6.45, 7) is 2.14. The van der Waals surface area contributed by atoms with E-state index in [4.69, 9.17) is 5.73 Å². The molecule has 1 saturated heterocycles. The van der Waals surface area contributed by atoms with E-state index in [9.17, 15) is 12.8 Å². The molecular formula is C15H23FN2O2S. The number of sulfone groups is 1. The number of rotatable bonds is 4. The van der Waals surface area contributed by atoms with Crippen LogP contribution in [-0.2, 0) is 9.84 Å². The third-order valence-electron chi connectivity index (χ3n) is 4.65. The van der Waals surface area contributed by atoms with Crippen LogP contribution >= 0.6 is 0 Å². The first kappa shape index (κ1) is 16.4. The van der Waals surface area contributed by atoms with Gasteiger partial charge in [0.05, 0.1) is 11.5 Å². The fourth-order valence-corrected chi connectivity index (χ4v) is 5.20. The first-order valence-corrected chi connectivity index (χ1v) is 9.01. The van der Waals surface area contributed by atoms with Crippen molar-refractivity contribution in [3.63, 3.8) is 0 Å². The van der Waals surface area contributed by atoms with E-state index in [1.807, 2.05) is 18.9 Å². The van der Waals surface area contributed by atoms with Gasteiger partial charge in [0.2, 0.25) is 0 Å². The van der Waals surface area contributed by atoms with Gasteiger partial charge in [-0.05, 0) is 32.9 Å². The van der Waals surface area contributed by atoms with E-state index in [2.05, 4.69) is 0 Å². The highest BCUT2D eigenvalue weighted by atomic mass is 32.2. The summed E-state index contributed by atoms with van der Waals surface area (Å²) in [6.07, 6.45) is 1.33. The first-order valence-electron chi connectivity index (χ1n) is 7.19. The van der Waals surface area contributed by atoms with E-state index >= 15 is 0 Å². The molecule has 4 nitrogen and oxygen atoms in total. The van der Waals surface area contributed by atoms with Crippen LogP contribution < -0.4 is 5.73 Å². The van der Waals surface area contributed by atoms with Crippen molar-refractivity contribution in [3.8, 4) is 0 Å². The third kappa shape index (κ3) is 3.27. The average molecular weight is 314 g/mol. The summed E-state index contributed by atoms with van der Waals surface area (Å²) in [7, 11) is -1.25. The zero-order chi connectivity index (χ0) is 15.7. The normalized spacial score (nSPS) is 26.7. The van der Waals surface area contributed by atoms with Gasteiger partial charge in [0.15, 0.2) is 9.84 Å². The van der Waals surface area contributed by atoms with Gasteiger partial charge in [0.1, 0.15) is 5.82 Å². The third-order valence-corrected chi connectivity index (χ3v) is 6.54. The highest BCUT2D eigenvalue weighted by Gasteiger charge is 2.43. The Bertz CT molecular complexity index is 605. The van der Waals surface area contributed by atoms with Crippen molar-refractivity contribution < 1.29 is 12.8 Å².